The molecule has 7 heteroatoms. The van der Waals surface area contributed by atoms with Gasteiger partial charge in [-0.3, -0.25) is 9.59 Å². The molecule has 0 spiro atoms. The first-order valence-corrected chi connectivity index (χ1v) is 9.94. The van der Waals surface area contributed by atoms with E-state index in [1.54, 1.807) is 31.2 Å². The van der Waals surface area contributed by atoms with E-state index in [-0.39, 0.29) is 5.78 Å². The number of anilines is 1. The molecule has 2 aromatic carbocycles. The summed E-state index contributed by atoms with van der Waals surface area (Å²) in [4.78, 5) is 22.9. The number of nitrogens with two attached hydrogens (primary N) is 2. The van der Waals surface area contributed by atoms with E-state index in [4.69, 9.17) is 34.7 Å². The molecular weight excluding hydrogens is 415 g/mol. The lowest BCUT2D eigenvalue weighted by Crippen LogP contribution is -2.13. The smallest absolute Gasteiger partial charge is 0.251 e. The van der Waals surface area contributed by atoms with Gasteiger partial charge in [-0.15, -0.1) is 11.3 Å². The van der Waals surface area contributed by atoms with Gasteiger partial charge in [-0.1, -0.05) is 47.5 Å². The van der Waals surface area contributed by atoms with E-state index < -0.39 is 5.91 Å². The highest BCUT2D eigenvalue weighted by Gasteiger charge is 2.17. The standard InChI is InChI=1S/C12H11ClN2OS.C9H9ClO/c1-6-9(11(14)16)12(15)17-10(6)7-2-4-8(13)5-3-7;1-7(11)6-8-2-4-9(10)5-3-8/h2-5H,15H2,1H3,(H2,14,16);2-5H,6H2,1H3. The summed E-state index contributed by atoms with van der Waals surface area (Å²) in [6.07, 6.45) is 0.497. The molecule has 0 radical (unpaired) electrons. The number of Topliss-reactive ketones (excluding diaryl/α,β-unsaturated/α-hetero) is 1. The predicted octanol–water partition coefficient (Wildman–Crippen LogP) is 5.53. The third kappa shape index (κ3) is 5.83. The molecule has 28 heavy (non-hydrogen) atoms. The predicted molar refractivity (Wildman–Crippen MR) is 118 cm³/mol. The fourth-order valence-corrected chi connectivity index (χ4v) is 3.95. The van der Waals surface area contributed by atoms with E-state index in [0.717, 1.165) is 21.6 Å². The van der Waals surface area contributed by atoms with Crippen molar-refractivity contribution in [1.82, 2.24) is 0 Å². The zero-order valence-electron chi connectivity index (χ0n) is 15.5. The molecule has 146 valence electrons. The Morgan fingerprint density at radius 1 is 0.964 bits per heavy atom. The Balaban J connectivity index is 0.000000221. The van der Waals surface area contributed by atoms with Crippen LogP contribution in [0.3, 0.4) is 0 Å². The van der Waals surface area contributed by atoms with Crippen LogP contribution in [0.25, 0.3) is 10.4 Å². The Labute approximate surface area is 178 Å². The Hall–Kier alpha value is -2.34. The number of amides is 1. The van der Waals surface area contributed by atoms with Crippen LogP contribution in [-0.4, -0.2) is 11.7 Å². The van der Waals surface area contributed by atoms with Crippen molar-refractivity contribution in [2.75, 3.05) is 5.73 Å². The number of benzene rings is 2. The minimum absolute atomic E-state index is 0.173. The van der Waals surface area contributed by atoms with Gasteiger partial charge in [-0.2, -0.15) is 0 Å². The first kappa shape index (κ1) is 22.0. The number of halogens is 2. The lowest BCUT2D eigenvalue weighted by atomic mass is 10.1. The van der Waals surface area contributed by atoms with Crippen LogP contribution in [0.5, 0.6) is 0 Å². The Morgan fingerprint density at radius 3 is 1.89 bits per heavy atom. The van der Waals surface area contributed by atoms with Crippen molar-refractivity contribution in [3.63, 3.8) is 0 Å². The van der Waals surface area contributed by atoms with Crippen LogP contribution in [0, 0.1) is 6.92 Å². The van der Waals surface area contributed by atoms with Gasteiger partial charge >= 0.3 is 0 Å². The van der Waals surface area contributed by atoms with Crippen molar-refractivity contribution < 1.29 is 9.59 Å². The molecule has 0 unspecified atom stereocenters. The number of rotatable bonds is 4. The van der Waals surface area contributed by atoms with Crippen LogP contribution < -0.4 is 11.5 Å². The first-order chi connectivity index (χ1) is 13.2. The van der Waals surface area contributed by atoms with Gasteiger partial charge in [0.1, 0.15) is 5.78 Å². The number of carbonyl (C=O) groups is 2. The topological polar surface area (TPSA) is 86.2 Å². The summed E-state index contributed by atoms with van der Waals surface area (Å²) in [5.74, 6) is -0.316. The molecule has 0 aliphatic carbocycles. The number of ketones is 1. The van der Waals surface area contributed by atoms with E-state index in [9.17, 15) is 9.59 Å². The highest BCUT2D eigenvalue weighted by atomic mass is 35.5. The second-order valence-electron chi connectivity index (χ2n) is 6.17. The van der Waals surface area contributed by atoms with Crippen molar-refractivity contribution in [2.24, 2.45) is 5.73 Å². The molecule has 0 aliphatic heterocycles. The SMILES string of the molecule is CC(=O)Cc1ccc(Cl)cc1.Cc1c(-c2ccc(Cl)cc2)sc(N)c1C(N)=O. The second kappa shape index (κ2) is 9.73. The third-order valence-corrected chi connectivity index (χ3v) is 5.57. The van der Waals surface area contributed by atoms with Crippen LogP contribution in [0.4, 0.5) is 5.00 Å². The second-order valence-corrected chi connectivity index (χ2v) is 8.10. The lowest BCUT2D eigenvalue weighted by molar-refractivity contribution is -0.116. The maximum atomic E-state index is 11.3. The average Bonchev–Trinajstić information content (AvgIpc) is 2.92. The summed E-state index contributed by atoms with van der Waals surface area (Å²) in [7, 11) is 0. The van der Waals surface area contributed by atoms with E-state index in [1.807, 2.05) is 31.2 Å². The van der Waals surface area contributed by atoms with Crippen molar-refractivity contribution in [2.45, 2.75) is 20.3 Å². The van der Waals surface area contributed by atoms with Gasteiger partial charge in [-0.05, 0) is 54.8 Å². The minimum atomic E-state index is -0.489. The number of hydrogen-bond donors (Lipinski definition) is 2. The van der Waals surface area contributed by atoms with Gasteiger partial charge in [0.25, 0.3) is 5.91 Å². The highest BCUT2D eigenvalue weighted by molar-refractivity contribution is 7.19. The van der Waals surface area contributed by atoms with Crippen LogP contribution >= 0.6 is 34.5 Å². The maximum Gasteiger partial charge on any atom is 0.251 e. The van der Waals surface area contributed by atoms with Crippen LogP contribution in [0.2, 0.25) is 10.0 Å². The molecule has 1 amide bonds. The lowest BCUT2D eigenvalue weighted by Gasteiger charge is -2.00. The van der Waals surface area contributed by atoms with E-state index >= 15 is 0 Å². The molecule has 1 heterocycles. The summed E-state index contributed by atoms with van der Waals surface area (Å²) in [5.41, 5.74) is 14.3. The van der Waals surface area contributed by atoms with Gasteiger partial charge in [0.15, 0.2) is 0 Å². The van der Waals surface area contributed by atoms with E-state index in [1.165, 1.54) is 11.3 Å². The number of nitrogen functional groups attached to an aromatic ring is 1. The van der Waals surface area contributed by atoms with Crippen LogP contribution in [-0.2, 0) is 11.2 Å². The Morgan fingerprint density at radius 2 is 1.46 bits per heavy atom. The number of hydrogen-bond acceptors (Lipinski definition) is 4. The monoisotopic (exact) mass is 434 g/mol. The molecule has 4 N–H and O–H groups in total. The quantitative estimate of drug-likeness (QED) is 0.565. The van der Waals surface area contributed by atoms with E-state index in [0.29, 0.717) is 27.0 Å². The largest absolute Gasteiger partial charge is 0.390 e. The molecule has 3 rings (SSSR count). The summed E-state index contributed by atoms with van der Waals surface area (Å²) in [6, 6.07) is 14.7. The van der Waals surface area contributed by atoms with Crippen molar-refractivity contribution in [3.05, 3.63) is 75.3 Å². The first-order valence-electron chi connectivity index (χ1n) is 8.37. The van der Waals surface area contributed by atoms with Gasteiger partial charge in [-0.25, -0.2) is 0 Å². The van der Waals surface area contributed by atoms with Gasteiger partial charge in [0, 0.05) is 21.3 Å². The summed E-state index contributed by atoms with van der Waals surface area (Å²) < 4.78 is 0. The molecule has 0 atom stereocenters. The minimum Gasteiger partial charge on any atom is -0.390 e. The highest BCUT2D eigenvalue weighted by Crippen LogP contribution is 2.38. The molecular formula is C21H20Cl2N2O2S. The third-order valence-electron chi connectivity index (χ3n) is 3.89. The number of carbonyl (C=O) groups excluding carboxylic acids is 2. The van der Waals surface area contributed by atoms with Gasteiger partial charge < -0.3 is 11.5 Å². The molecule has 0 aliphatic rings. The number of thiophene rings is 1. The fourth-order valence-electron chi connectivity index (χ4n) is 2.61. The summed E-state index contributed by atoms with van der Waals surface area (Å²) >= 11 is 12.9. The number of primary amides is 1. The van der Waals surface area contributed by atoms with Crippen LogP contribution in [0.1, 0.15) is 28.4 Å². The Kier molecular flexibility index (Phi) is 7.63. The van der Waals surface area contributed by atoms with Crippen LogP contribution in [0.15, 0.2) is 48.5 Å². The zero-order chi connectivity index (χ0) is 20.8. The summed E-state index contributed by atoms with van der Waals surface area (Å²) in [6.45, 7) is 3.42. The molecule has 0 fully saturated rings. The zero-order valence-corrected chi connectivity index (χ0v) is 17.8. The maximum absolute atomic E-state index is 11.3. The fraction of sp³-hybridized carbons (Fsp3) is 0.143. The van der Waals surface area contributed by atoms with Crippen molar-refractivity contribution in [1.29, 1.82) is 0 Å². The molecule has 3 aromatic rings. The van der Waals surface area contributed by atoms with E-state index in [2.05, 4.69) is 0 Å². The van der Waals surface area contributed by atoms with Gasteiger partial charge in [0.2, 0.25) is 0 Å². The summed E-state index contributed by atoms with van der Waals surface area (Å²) in [5, 5.41) is 1.84. The molecule has 0 saturated heterocycles. The van der Waals surface area contributed by atoms with Gasteiger partial charge in [0.05, 0.1) is 10.6 Å². The van der Waals surface area contributed by atoms with Crippen molar-refractivity contribution >= 4 is 51.2 Å². The molecule has 0 bridgehead atoms. The Bertz CT molecular complexity index is 981. The average molecular weight is 435 g/mol. The normalized spacial score (nSPS) is 10.1. The molecule has 0 saturated carbocycles. The molecule has 4 nitrogen and oxygen atoms in total. The van der Waals surface area contributed by atoms with Crippen molar-refractivity contribution in [3.8, 4) is 10.4 Å². The molecule has 1 aromatic heterocycles.